The van der Waals surface area contributed by atoms with Crippen LogP contribution in [0, 0.1) is 17.3 Å². The van der Waals surface area contributed by atoms with E-state index in [0.29, 0.717) is 24.0 Å². The molecule has 0 N–H and O–H groups in total. The van der Waals surface area contributed by atoms with Gasteiger partial charge in [0.15, 0.2) is 5.78 Å². The molecule has 2 aliphatic rings. The van der Waals surface area contributed by atoms with E-state index in [9.17, 15) is 4.79 Å². The summed E-state index contributed by atoms with van der Waals surface area (Å²) < 4.78 is 5.64. The first-order chi connectivity index (χ1) is 7.49. The number of ketones is 1. The smallest absolute Gasteiger partial charge is 0.158 e. The Hall–Kier alpha value is -0.630. The van der Waals surface area contributed by atoms with Crippen molar-refractivity contribution in [1.29, 1.82) is 0 Å². The molecule has 0 aliphatic heterocycles. The first-order valence-electron chi connectivity index (χ1n) is 6.24. The zero-order valence-corrected chi connectivity index (χ0v) is 10.7. The van der Waals surface area contributed by atoms with Crippen LogP contribution in [0.2, 0.25) is 0 Å². The average molecular weight is 222 g/mol. The van der Waals surface area contributed by atoms with Gasteiger partial charge in [-0.3, -0.25) is 4.79 Å². The Morgan fingerprint density at radius 3 is 2.75 bits per heavy atom. The highest BCUT2D eigenvalue weighted by Crippen LogP contribution is 2.51. The van der Waals surface area contributed by atoms with Crippen molar-refractivity contribution in [3.05, 3.63) is 11.6 Å². The Bertz CT molecular complexity index is 332. The van der Waals surface area contributed by atoms with Gasteiger partial charge < -0.3 is 4.74 Å². The molecule has 0 aromatic rings. The molecule has 16 heavy (non-hydrogen) atoms. The van der Waals surface area contributed by atoms with Crippen LogP contribution in [-0.4, -0.2) is 19.0 Å². The number of carbonyl (C=O) groups is 1. The van der Waals surface area contributed by atoms with Crippen LogP contribution in [0.25, 0.3) is 0 Å². The van der Waals surface area contributed by atoms with Crippen LogP contribution in [0.4, 0.5) is 0 Å². The molecule has 0 saturated heterocycles. The fraction of sp³-hybridized carbons (Fsp3) is 0.786. The van der Waals surface area contributed by atoms with E-state index in [1.165, 1.54) is 6.42 Å². The number of ether oxygens (including phenoxy) is 1. The maximum Gasteiger partial charge on any atom is 0.158 e. The number of rotatable bonds is 1. The minimum absolute atomic E-state index is 0.0599. The summed E-state index contributed by atoms with van der Waals surface area (Å²) in [6, 6.07) is 0. The van der Waals surface area contributed by atoms with Crippen LogP contribution in [0.1, 0.15) is 40.0 Å². The topological polar surface area (TPSA) is 26.3 Å². The van der Waals surface area contributed by atoms with Gasteiger partial charge in [0.1, 0.15) is 0 Å². The van der Waals surface area contributed by atoms with Crippen molar-refractivity contribution in [2.75, 3.05) is 7.11 Å². The predicted molar refractivity (Wildman–Crippen MR) is 64.2 cm³/mol. The number of allylic oxidation sites excluding steroid dienone is 1. The van der Waals surface area contributed by atoms with Gasteiger partial charge in [-0.05, 0) is 37.2 Å². The molecule has 1 fully saturated rings. The summed E-state index contributed by atoms with van der Waals surface area (Å²) in [5, 5.41) is 0. The molecule has 0 bridgehead atoms. The van der Waals surface area contributed by atoms with Gasteiger partial charge in [0.2, 0.25) is 0 Å². The first kappa shape index (κ1) is 11.8. The van der Waals surface area contributed by atoms with Gasteiger partial charge in [-0.15, -0.1) is 0 Å². The highest BCUT2D eigenvalue weighted by Gasteiger charge is 2.48. The predicted octanol–water partition coefficient (Wildman–Crippen LogP) is 2.97. The molecule has 4 atom stereocenters. The lowest BCUT2D eigenvalue weighted by Crippen LogP contribution is -2.48. The second-order valence-electron chi connectivity index (χ2n) is 5.71. The number of fused-ring (bicyclic) bond motifs is 1. The fourth-order valence-corrected chi connectivity index (χ4v) is 3.68. The first-order valence-corrected chi connectivity index (χ1v) is 6.24. The second kappa shape index (κ2) is 3.99. The van der Waals surface area contributed by atoms with E-state index >= 15 is 0 Å². The summed E-state index contributed by atoms with van der Waals surface area (Å²) in [5.41, 5.74) is 0.986. The molecule has 2 nitrogen and oxygen atoms in total. The Labute approximate surface area is 98.1 Å². The largest absolute Gasteiger partial charge is 0.381 e. The van der Waals surface area contributed by atoms with E-state index in [2.05, 4.69) is 19.9 Å². The molecular weight excluding hydrogens is 200 g/mol. The lowest BCUT2D eigenvalue weighted by atomic mass is 9.57. The monoisotopic (exact) mass is 222 g/mol. The normalized spacial score (nSPS) is 43.9. The molecule has 0 unspecified atom stereocenters. The SMILES string of the molecule is CO[C@@H]1CC[C@@H](C)[C@@H]2CC(=O)C(C)=C[C@@]12C. The molecule has 2 aliphatic carbocycles. The van der Waals surface area contributed by atoms with Gasteiger partial charge in [-0.2, -0.15) is 0 Å². The molecule has 0 radical (unpaired) electrons. The lowest BCUT2D eigenvalue weighted by Gasteiger charge is -2.50. The molecular formula is C14H22O2. The van der Waals surface area contributed by atoms with Gasteiger partial charge >= 0.3 is 0 Å². The van der Waals surface area contributed by atoms with E-state index in [-0.39, 0.29) is 11.5 Å². The van der Waals surface area contributed by atoms with E-state index in [1.807, 2.05) is 6.92 Å². The van der Waals surface area contributed by atoms with E-state index < -0.39 is 0 Å². The Kier molecular flexibility index (Phi) is 2.95. The minimum atomic E-state index is 0.0599. The van der Waals surface area contributed by atoms with Gasteiger partial charge in [0.25, 0.3) is 0 Å². The molecule has 0 aromatic carbocycles. The minimum Gasteiger partial charge on any atom is -0.381 e. The van der Waals surface area contributed by atoms with E-state index in [4.69, 9.17) is 4.74 Å². The molecule has 2 rings (SSSR count). The molecule has 0 spiro atoms. The summed E-state index contributed by atoms with van der Waals surface area (Å²) >= 11 is 0. The van der Waals surface area contributed by atoms with Gasteiger partial charge in [-0.25, -0.2) is 0 Å². The molecule has 90 valence electrons. The zero-order chi connectivity index (χ0) is 11.9. The number of carbonyl (C=O) groups excluding carboxylic acids is 1. The standard InChI is InChI=1S/C14H22O2/c1-9-5-6-13(16-4)14(3)8-10(2)12(15)7-11(9)14/h8-9,11,13H,5-7H2,1-4H3/t9-,11+,13-,14-/m1/s1. The quantitative estimate of drug-likeness (QED) is 0.682. The molecule has 2 heteroatoms. The average Bonchev–Trinajstić information content (AvgIpc) is 2.22. The fourth-order valence-electron chi connectivity index (χ4n) is 3.68. The van der Waals surface area contributed by atoms with Crippen molar-refractivity contribution in [2.45, 2.75) is 46.1 Å². The maximum atomic E-state index is 11.8. The maximum absolute atomic E-state index is 11.8. The summed E-state index contributed by atoms with van der Waals surface area (Å²) in [4.78, 5) is 11.8. The van der Waals surface area contributed by atoms with Crippen LogP contribution in [-0.2, 0) is 9.53 Å². The highest BCUT2D eigenvalue weighted by atomic mass is 16.5. The van der Waals surface area contributed by atoms with Crippen molar-refractivity contribution < 1.29 is 9.53 Å². The molecule has 0 heterocycles. The molecule has 0 aromatic heterocycles. The van der Waals surface area contributed by atoms with Gasteiger partial charge in [0, 0.05) is 18.9 Å². The number of methoxy groups -OCH3 is 1. The van der Waals surface area contributed by atoms with Gasteiger partial charge in [-0.1, -0.05) is 19.9 Å². The Morgan fingerprint density at radius 2 is 2.12 bits per heavy atom. The lowest BCUT2D eigenvalue weighted by molar-refractivity contribution is -0.123. The van der Waals surface area contributed by atoms with Crippen LogP contribution in [0.5, 0.6) is 0 Å². The van der Waals surface area contributed by atoms with Crippen LogP contribution in [0.3, 0.4) is 0 Å². The third-order valence-electron chi connectivity index (χ3n) is 4.72. The van der Waals surface area contributed by atoms with E-state index in [0.717, 1.165) is 12.0 Å². The number of hydrogen-bond donors (Lipinski definition) is 0. The Balaban J connectivity index is 2.40. The molecule has 1 saturated carbocycles. The number of hydrogen-bond acceptors (Lipinski definition) is 2. The third-order valence-corrected chi connectivity index (χ3v) is 4.72. The number of Topliss-reactive ketones (excluding diaryl/α,β-unsaturated/α-hetero) is 1. The van der Waals surface area contributed by atoms with Crippen molar-refractivity contribution in [3.63, 3.8) is 0 Å². The second-order valence-corrected chi connectivity index (χ2v) is 5.71. The summed E-state index contributed by atoms with van der Waals surface area (Å²) in [6.07, 6.45) is 5.45. The third kappa shape index (κ3) is 1.64. The van der Waals surface area contributed by atoms with E-state index in [1.54, 1.807) is 7.11 Å². The van der Waals surface area contributed by atoms with Crippen LogP contribution in [0.15, 0.2) is 11.6 Å². The summed E-state index contributed by atoms with van der Waals surface area (Å²) in [6.45, 7) is 6.48. The van der Waals surface area contributed by atoms with Crippen LogP contribution >= 0.6 is 0 Å². The van der Waals surface area contributed by atoms with Crippen LogP contribution < -0.4 is 0 Å². The van der Waals surface area contributed by atoms with Crippen molar-refractivity contribution >= 4 is 5.78 Å². The van der Waals surface area contributed by atoms with Crippen molar-refractivity contribution in [1.82, 2.24) is 0 Å². The molecule has 0 amide bonds. The van der Waals surface area contributed by atoms with Crippen molar-refractivity contribution in [2.24, 2.45) is 17.3 Å². The highest BCUT2D eigenvalue weighted by molar-refractivity contribution is 5.96. The summed E-state index contributed by atoms with van der Waals surface area (Å²) in [5.74, 6) is 1.41. The zero-order valence-electron chi connectivity index (χ0n) is 10.7. The summed E-state index contributed by atoms with van der Waals surface area (Å²) in [7, 11) is 1.79. The Morgan fingerprint density at radius 1 is 1.44 bits per heavy atom. The van der Waals surface area contributed by atoms with Crippen molar-refractivity contribution in [3.8, 4) is 0 Å². The van der Waals surface area contributed by atoms with Gasteiger partial charge in [0.05, 0.1) is 6.10 Å².